The molecule has 3 nitrogen and oxygen atoms in total. The minimum atomic E-state index is -1.81. The fourth-order valence-electron chi connectivity index (χ4n) is 0.176. The summed E-state index contributed by atoms with van der Waals surface area (Å²) >= 11 is 0. The van der Waals surface area contributed by atoms with Crippen LogP contribution in [-0.4, -0.2) is 14.2 Å². The van der Waals surface area contributed by atoms with Crippen molar-refractivity contribution in [3.63, 3.8) is 0 Å². The first-order chi connectivity index (χ1) is 3.72. The molecule has 0 aliphatic carbocycles. The van der Waals surface area contributed by atoms with Crippen molar-refractivity contribution in [3.8, 4) is 0 Å². The van der Waals surface area contributed by atoms with E-state index in [0.717, 1.165) is 0 Å². The highest BCUT2D eigenvalue weighted by molar-refractivity contribution is 7.43. The molecular formula is C4H8O3P+. The van der Waals surface area contributed by atoms with E-state index in [4.69, 9.17) is 0 Å². The van der Waals surface area contributed by atoms with Crippen LogP contribution in [0.25, 0.3) is 0 Å². The molecule has 0 amide bonds. The minimum absolute atomic E-state index is 0.169. The van der Waals surface area contributed by atoms with Gasteiger partial charge in [0.25, 0.3) is 0 Å². The van der Waals surface area contributed by atoms with Gasteiger partial charge in [-0.25, -0.2) is 0 Å². The van der Waals surface area contributed by atoms with Gasteiger partial charge in [0.2, 0.25) is 0 Å². The molecule has 0 aromatic carbocycles. The Morgan fingerprint density at radius 2 is 2.12 bits per heavy atom. The van der Waals surface area contributed by atoms with Crippen LogP contribution in [0.15, 0.2) is 12.1 Å². The monoisotopic (exact) mass is 135 g/mol. The van der Waals surface area contributed by atoms with E-state index in [9.17, 15) is 4.57 Å². The molecule has 0 aromatic rings. The van der Waals surface area contributed by atoms with E-state index < -0.39 is 8.03 Å². The topological polar surface area (TPSA) is 35.5 Å². The molecule has 0 heterocycles. The summed E-state index contributed by atoms with van der Waals surface area (Å²) in [6.45, 7) is 3.31. The van der Waals surface area contributed by atoms with Gasteiger partial charge in [-0.05, 0) is 11.1 Å². The summed E-state index contributed by atoms with van der Waals surface area (Å²) in [5.74, 6) is 0. The third-order valence-corrected chi connectivity index (χ3v) is 1.53. The minimum Gasteiger partial charge on any atom is -0.460 e. The van der Waals surface area contributed by atoms with Gasteiger partial charge < -0.3 is 4.74 Å². The summed E-state index contributed by atoms with van der Waals surface area (Å²) in [6, 6.07) is 0. The van der Waals surface area contributed by atoms with Crippen LogP contribution in [0.2, 0.25) is 0 Å². The molecule has 0 spiro atoms. The first kappa shape index (κ1) is 7.60. The smallest absolute Gasteiger partial charge is 0.460 e. The third kappa shape index (κ3) is 2.05. The molecule has 0 bridgehead atoms. The van der Waals surface area contributed by atoms with E-state index in [-0.39, 0.29) is 5.50 Å². The maximum atomic E-state index is 10.4. The van der Waals surface area contributed by atoms with Gasteiger partial charge >= 0.3 is 13.5 Å². The van der Waals surface area contributed by atoms with Gasteiger partial charge in [-0.15, -0.1) is 4.52 Å². The van der Waals surface area contributed by atoms with E-state index >= 15 is 0 Å². The lowest BCUT2D eigenvalue weighted by molar-refractivity contribution is 0.303. The normalized spacial score (nSPS) is 10.5. The van der Waals surface area contributed by atoms with E-state index in [1.807, 2.05) is 0 Å². The molecule has 0 N–H and O–H groups in total. The second kappa shape index (κ2) is 3.58. The Balaban J connectivity index is 3.64. The lowest BCUT2D eigenvalue weighted by atomic mass is 11.1. The third-order valence-electron chi connectivity index (χ3n) is 0.605. The van der Waals surface area contributed by atoms with Crippen molar-refractivity contribution in [1.29, 1.82) is 0 Å². The van der Waals surface area contributed by atoms with Gasteiger partial charge in [0.1, 0.15) is 0 Å². The summed E-state index contributed by atoms with van der Waals surface area (Å²) in [7, 11) is 0.927. The van der Waals surface area contributed by atoms with Crippen LogP contribution < -0.4 is 0 Å². The Morgan fingerprint density at radius 1 is 1.62 bits per heavy atom. The Labute approximate surface area is 49.2 Å². The fraction of sp³-hybridized carbons (Fsp3) is 0.500. The van der Waals surface area contributed by atoms with Gasteiger partial charge in [-0.2, -0.15) is 0 Å². The van der Waals surface area contributed by atoms with Gasteiger partial charge in [0.15, 0.2) is 0 Å². The Morgan fingerprint density at radius 3 is 2.25 bits per heavy atom. The Bertz CT molecular complexity index is 95.9. The van der Waals surface area contributed by atoms with Gasteiger partial charge in [-0.1, -0.05) is 0 Å². The molecular weight excluding hydrogens is 127 g/mol. The van der Waals surface area contributed by atoms with Crippen molar-refractivity contribution in [2.24, 2.45) is 0 Å². The lowest BCUT2D eigenvalue weighted by Gasteiger charge is -1.84. The standard InChI is InChI=1S/C4H8O3P/c1-4(6-2)8(5)7-3/h1H2,2-3H3/q+1. The number of ether oxygens (including phenoxy) is 1. The molecule has 1 atom stereocenters. The predicted molar refractivity (Wildman–Crippen MR) is 30.8 cm³/mol. The summed E-state index contributed by atoms with van der Waals surface area (Å²) < 4.78 is 19.3. The molecule has 0 aromatic heterocycles. The summed E-state index contributed by atoms with van der Waals surface area (Å²) in [5.41, 5.74) is 0.169. The molecule has 0 rings (SSSR count). The molecule has 0 saturated carbocycles. The number of rotatable bonds is 3. The largest absolute Gasteiger partial charge is 0.587 e. The zero-order chi connectivity index (χ0) is 6.57. The van der Waals surface area contributed by atoms with E-state index in [1.54, 1.807) is 0 Å². The molecule has 0 aliphatic rings. The van der Waals surface area contributed by atoms with Crippen molar-refractivity contribution in [2.45, 2.75) is 0 Å². The van der Waals surface area contributed by atoms with E-state index in [0.29, 0.717) is 0 Å². The number of hydrogen-bond acceptors (Lipinski definition) is 3. The SMILES string of the molecule is C=C(OC)[P+](=O)OC. The van der Waals surface area contributed by atoms with Crippen molar-refractivity contribution >= 4 is 8.03 Å². The molecule has 0 saturated heterocycles. The first-order valence-corrected chi connectivity index (χ1v) is 3.14. The van der Waals surface area contributed by atoms with Crippen LogP contribution in [-0.2, 0) is 13.8 Å². The highest BCUT2D eigenvalue weighted by Gasteiger charge is 2.21. The number of hydrogen-bond donors (Lipinski definition) is 0. The zero-order valence-electron chi connectivity index (χ0n) is 4.88. The summed E-state index contributed by atoms with van der Waals surface area (Å²) in [6.07, 6.45) is 0. The lowest BCUT2D eigenvalue weighted by Crippen LogP contribution is -1.77. The van der Waals surface area contributed by atoms with Crippen molar-refractivity contribution in [2.75, 3.05) is 14.2 Å². The summed E-state index contributed by atoms with van der Waals surface area (Å²) in [4.78, 5) is 0. The predicted octanol–water partition coefficient (Wildman–Crippen LogP) is 1.49. The number of methoxy groups -OCH3 is 1. The van der Waals surface area contributed by atoms with E-state index in [2.05, 4.69) is 15.8 Å². The quantitative estimate of drug-likeness (QED) is 0.434. The Kier molecular flexibility index (Phi) is 3.40. The fourth-order valence-corrected chi connectivity index (χ4v) is 0.529. The molecule has 4 heteroatoms. The summed E-state index contributed by atoms with van der Waals surface area (Å²) in [5, 5.41) is 0. The maximum Gasteiger partial charge on any atom is 0.587 e. The van der Waals surface area contributed by atoms with Crippen LogP contribution in [0.5, 0.6) is 0 Å². The molecule has 0 radical (unpaired) electrons. The van der Waals surface area contributed by atoms with Crippen molar-refractivity contribution in [3.05, 3.63) is 12.1 Å². The van der Waals surface area contributed by atoms with E-state index in [1.165, 1.54) is 14.2 Å². The second-order valence-corrected chi connectivity index (χ2v) is 2.42. The maximum absolute atomic E-state index is 10.4. The van der Waals surface area contributed by atoms with Crippen LogP contribution in [0.4, 0.5) is 0 Å². The molecule has 0 fully saturated rings. The van der Waals surface area contributed by atoms with Crippen LogP contribution in [0, 0.1) is 0 Å². The molecule has 8 heavy (non-hydrogen) atoms. The highest BCUT2D eigenvalue weighted by Crippen LogP contribution is 2.30. The molecule has 1 unspecified atom stereocenters. The van der Waals surface area contributed by atoms with Crippen LogP contribution in [0.3, 0.4) is 0 Å². The average Bonchev–Trinajstić information content (AvgIpc) is 1.84. The molecule has 46 valence electrons. The van der Waals surface area contributed by atoms with Gasteiger partial charge in [0, 0.05) is 0 Å². The Hall–Kier alpha value is -0.400. The van der Waals surface area contributed by atoms with Crippen molar-refractivity contribution < 1.29 is 13.8 Å². The second-order valence-electron chi connectivity index (χ2n) is 1.04. The highest BCUT2D eigenvalue weighted by atomic mass is 31.1. The van der Waals surface area contributed by atoms with Crippen LogP contribution in [0.1, 0.15) is 0 Å². The first-order valence-electron chi connectivity index (χ1n) is 1.96. The average molecular weight is 135 g/mol. The van der Waals surface area contributed by atoms with Gasteiger partial charge in [0.05, 0.1) is 14.2 Å². The van der Waals surface area contributed by atoms with Crippen molar-refractivity contribution in [1.82, 2.24) is 0 Å². The molecule has 0 aliphatic heterocycles. The van der Waals surface area contributed by atoms with Gasteiger partial charge in [-0.3, -0.25) is 0 Å². The zero-order valence-corrected chi connectivity index (χ0v) is 5.77. The van der Waals surface area contributed by atoms with Crippen LogP contribution >= 0.6 is 8.03 Å².